The van der Waals surface area contributed by atoms with Crippen molar-refractivity contribution in [1.82, 2.24) is 9.55 Å². The predicted molar refractivity (Wildman–Crippen MR) is 65.9 cm³/mol. The van der Waals surface area contributed by atoms with E-state index in [1.807, 2.05) is 36.6 Å². The predicted octanol–water partition coefficient (Wildman–Crippen LogP) is 2.85. The van der Waals surface area contributed by atoms with Gasteiger partial charge in [0.1, 0.15) is 0 Å². The molecule has 0 aliphatic rings. The van der Waals surface area contributed by atoms with E-state index in [9.17, 15) is 0 Å². The average Bonchev–Trinajstić information content (AvgIpc) is 2.71. The molecule has 0 fully saturated rings. The number of hydrogen-bond acceptors (Lipinski definition) is 2. The molecule has 1 atom stereocenters. The molecule has 0 amide bonds. The number of halogens is 1. The molecule has 0 spiro atoms. The molecule has 0 aliphatic carbocycles. The lowest BCUT2D eigenvalue weighted by molar-refractivity contribution is 0.752. The summed E-state index contributed by atoms with van der Waals surface area (Å²) in [5, 5.41) is 0.752. The molecule has 4 heteroatoms. The highest BCUT2D eigenvalue weighted by Gasteiger charge is 2.08. The van der Waals surface area contributed by atoms with E-state index >= 15 is 0 Å². The lowest BCUT2D eigenvalue weighted by atomic mass is 10.2. The molecule has 0 unspecified atom stereocenters. The maximum absolute atomic E-state index is 6.10. The second kappa shape index (κ2) is 4.28. The van der Waals surface area contributed by atoms with Crippen molar-refractivity contribution in [3.63, 3.8) is 0 Å². The topological polar surface area (TPSA) is 43.8 Å². The molecule has 0 radical (unpaired) electrons. The van der Waals surface area contributed by atoms with Crippen molar-refractivity contribution in [2.45, 2.75) is 19.9 Å². The number of aromatic nitrogens is 2. The molecule has 0 bridgehead atoms. The largest absolute Gasteiger partial charge is 0.323 e. The lowest BCUT2D eigenvalue weighted by Crippen LogP contribution is -2.10. The molecule has 0 aliphatic heterocycles. The van der Waals surface area contributed by atoms with Crippen molar-refractivity contribution in [2.24, 2.45) is 5.73 Å². The van der Waals surface area contributed by atoms with Crippen LogP contribution in [0.4, 0.5) is 0 Å². The number of rotatable bonds is 2. The van der Waals surface area contributed by atoms with Crippen LogP contribution in [-0.4, -0.2) is 9.55 Å². The molecule has 1 aromatic heterocycles. The molecule has 1 aromatic carbocycles. The van der Waals surface area contributed by atoms with Crippen molar-refractivity contribution < 1.29 is 0 Å². The number of hydrogen-bond donors (Lipinski definition) is 1. The first kappa shape index (κ1) is 11.2. The van der Waals surface area contributed by atoms with Gasteiger partial charge < -0.3 is 10.3 Å². The van der Waals surface area contributed by atoms with Crippen molar-refractivity contribution in [1.29, 1.82) is 0 Å². The summed E-state index contributed by atoms with van der Waals surface area (Å²) >= 11 is 6.10. The third-order valence-corrected chi connectivity index (χ3v) is 2.97. The second-order valence-electron chi connectivity index (χ2n) is 3.91. The third-order valence-electron chi connectivity index (χ3n) is 2.57. The Labute approximate surface area is 99.9 Å². The molecule has 3 nitrogen and oxygen atoms in total. The van der Waals surface area contributed by atoms with Crippen LogP contribution in [0.25, 0.3) is 5.69 Å². The van der Waals surface area contributed by atoms with Crippen LogP contribution >= 0.6 is 11.6 Å². The Kier molecular flexibility index (Phi) is 2.99. The molecule has 2 rings (SSSR count). The Bertz CT molecular complexity index is 503. The Morgan fingerprint density at radius 1 is 1.44 bits per heavy atom. The smallest absolute Gasteiger partial charge is 0.0994 e. The summed E-state index contributed by atoms with van der Waals surface area (Å²) in [6.07, 6.45) is 3.53. The van der Waals surface area contributed by atoms with Crippen LogP contribution in [0.15, 0.2) is 30.7 Å². The molecule has 2 aromatic rings. The first-order chi connectivity index (χ1) is 7.59. The van der Waals surface area contributed by atoms with Gasteiger partial charge in [-0.2, -0.15) is 0 Å². The zero-order chi connectivity index (χ0) is 11.7. The summed E-state index contributed by atoms with van der Waals surface area (Å²) < 4.78 is 1.95. The van der Waals surface area contributed by atoms with Gasteiger partial charge in [-0.3, -0.25) is 0 Å². The van der Waals surface area contributed by atoms with Gasteiger partial charge in [-0.05, 0) is 31.5 Å². The van der Waals surface area contributed by atoms with Gasteiger partial charge in [0.2, 0.25) is 0 Å². The van der Waals surface area contributed by atoms with Crippen LogP contribution in [0.1, 0.15) is 24.2 Å². The van der Waals surface area contributed by atoms with Crippen molar-refractivity contribution >= 4 is 11.6 Å². The van der Waals surface area contributed by atoms with Crippen LogP contribution in [0, 0.1) is 6.92 Å². The normalized spacial score (nSPS) is 12.8. The second-order valence-corrected chi connectivity index (χ2v) is 4.32. The van der Waals surface area contributed by atoms with E-state index in [4.69, 9.17) is 17.3 Å². The highest BCUT2D eigenvalue weighted by molar-refractivity contribution is 6.31. The van der Waals surface area contributed by atoms with Crippen LogP contribution in [0.3, 0.4) is 0 Å². The van der Waals surface area contributed by atoms with Crippen molar-refractivity contribution in [3.05, 3.63) is 47.0 Å². The van der Waals surface area contributed by atoms with Gasteiger partial charge in [-0.25, -0.2) is 4.98 Å². The quantitative estimate of drug-likeness (QED) is 0.870. The number of aryl methyl sites for hydroxylation is 1. The van der Waals surface area contributed by atoms with E-state index in [1.165, 1.54) is 0 Å². The molecule has 1 heterocycles. The standard InChI is InChI=1S/C12H14ClN3/c1-8-3-4-10(5-11(8)13)16-7-15-6-12(16)9(2)14/h3-7,9H,14H2,1-2H3/t9-/m0/s1. The summed E-state index contributed by atoms with van der Waals surface area (Å²) in [7, 11) is 0. The minimum absolute atomic E-state index is 0.0532. The third kappa shape index (κ3) is 1.96. The fourth-order valence-corrected chi connectivity index (χ4v) is 1.76. The molecular weight excluding hydrogens is 222 g/mol. The first-order valence-corrected chi connectivity index (χ1v) is 5.51. The molecule has 0 saturated heterocycles. The van der Waals surface area contributed by atoms with Crippen LogP contribution < -0.4 is 5.73 Å². The van der Waals surface area contributed by atoms with Gasteiger partial charge in [0.05, 0.1) is 18.2 Å². The molecular formula is C12H14ClN3. The fraction of sp³-hybridized carbons (Fsp3) is 0.250. The minimum atomic E-state index is -0.0532. The van der Waals surface area contributed by atoms with Gasteiger partial charge in [0.25, 0.3) is 0 Å². The number of imidazole rings is 1. The maximum atomic E-state index is 6.10. The lowest BCUT2D eigenvalue weighted by Gasteiger charge is -2.11. The van der Waals surface area contributed by atoms with E-state index in [0.29, 0.717) is 0 Å². The van der Waals surface area contributed by atoms with Crippen molar-refractivity contribution in [2.75, 3.05) is 0 Å². The van der Waals surface area contributed by atoms with Gasteiger partial charge in [-0.1, -0.05) is 17.7 Å². The summed E-state index contributed by atoms with van der Waals surface area (Å²) in [6, 6.07) is 5.87. The van der Waals surface area contributed by atoms with E-state index in [1.54, 1.807) is 12.5 Å². The Morgan fingerprint density at radius 2 is 2.19 bits per heavy atom. The fourth-order valence-electron chi connectivity index (χ4n) is 1.59. The average molecular weight is 236 g/mol. The number of benzene rings is 1. The highest BCUT2D eigenvalue weighted by atomic mass is 35.5. The molecule has 84 valence electrons. The van der Waals surface area contributed by atoms with Gasteiger partial charge in [-0.15, -0.1) is 0 Å². The maximum Gasteiger partial charge on any atom is 0.0994 e. The number of nitrogens with two attached hydrogens (primary N) is 1. The van der Waals surface area contributed by atoms with Crippen molar-refractivity contribution in [3.8, 4) is 5.69 Å². The summed E-state index contributed by atoms with van der Waals surface area (Å²) in [5.74, 6) is 0. The zero-order valence-corrected chi connectivity index (χ0v) is 10.1. The Hall–Kier alpha value is -1.32. The van der Waals surface area contributed by atoms with Crippen LogP contribution in [0.5, 0.6) is 0 Å². The van der Waals surface area contributed by atoms with E-state index < -0.39 is 0 Å². The van der Waals surface area contributed by atoms with E-state index in [2.05, 4.69) is 4.98 Å². The summed E-state index contributed by atoms with van der Waals surface area (Å²) in [4.78, 5) is 4.11. The SMILES string of the molecule is Cc1ccc(-n2cncc2[C@H](C)N)cc1Cl. The van der Waals surface area contributed by atoms with E-state index in [-0.39, 0.29) is 6.04 Å². The highest BCUT2D eigenvalue weighted by Crippen LogP contribution is 2.22. The monoisotopic (exact) mass is 235 g/mol. The van der Waals surface area contributed by atoms with Crippen LogP contribution in [-0.2, 0) is 0 Å². The molecule has 16 heavy (non-hydrogen) atoms. The Balaban J connectivity index is 2.50. The first-order valence-electron chi connectivity index (χ1n) is 5.14. The zero-order valence-electron chi connectivity index (χ0n) is 9.31. The summed E-state index contributed by atoms with van der Waals surface area (Å²) in [5.41, 5.74) is 8.89. The van der Waals surface area contributed by atoms with Gasteiger partial charge in [0.15, 0.2) is 0 Å². The Morgan fingerprint density at radius 3 is 2.81 bits per heavy atom. The van der Waals surface area contributed by atoms with Gasteiger partial charge >= 0.3 is 0 Å². The van der Waals surface area contributed by atoms with E-state index in [0.717, 1.165) is 22.0 Å². The summed E-state index contributed by atoms with van der Waals surface area (Å²) in [6.45, 7) is 3.91. The number of nitrogens with zero attached hydrogens (tertiary/aromatic N) is 2. The van der Waals surface area contributed by atoms with Gasteiger partial charge in [0, 0.05) is 16.8 Å². The molecule has 0 saturated carbocycles. The van der Waals surface area contributed by atoms with Crippen LogP contribution in [0.2, 0.25) is 5.02 Å². The molecule has 2 N–H and O–H groups in total. The minimum Gasteiger partial charge on any atom is -0.323 e.